The number of hydrogen-bond acceptors (Lipinski definition) is 3. The van der Waals surface area contributed by atoms with E-state index in [-0.39, 0.29) is 5.56 Å². The number of carbonyl (C=O) groups excluding carboxylic acids is 1. The SMILES string of the molecule is O=Cc1ccoc1-c1ccc(C(=O)O)cc1. The maximum Gasteiger partial charge on any atom is 0.335 e. The zero-order valence-corrected chi connectivity index (χ0v) is 8.21. The summed E-state index contributed by atoms with van der Waals surface area (Å²) in [6.45, 7) is 0. The average Bonchev–Trinajstić information content (AvgIpc) is 2.77. The Labute approximate surface area is 91.1 Å². The summed E-state index contributed by atoms with van der Waals surface area (Å²) >= 11 is 0. The third-order valence-electron chi connectivity index (χ3n) is 2.22. The Bertz CT molecular complexity index is 522. The molecule has 0 amide bonds. The van der Waals surface area contributed by atoms with Crippen molar-refractivity contribution in [2.24, 2.45) is 0 Å². The summed E-state index contributed by atoms with van der Waals surface area (Å²) in [7, 11) is 0. The first-order chi connectivity index (χ1) is 7.72. The van der Waals surface area contributed by atoms with Crippen LogP contribution >= 0.6 is 0 Å². The van der Waals surface area contributed by atoms with E-state index in [2.05, 4.69) is 0 Å². The van der Waals surface area contributed by atoms with E-state index in [0.29, 0.717) is 23.2 Å². The predicted molar refractivity (Wildman–Crippen MR) is 56.5 cm³/mol. The van der Waals surface area contributed by atoms with Crippen molar-refractivity contribution in [3.05, 3.63) is 47.7 Å². The van der Waals surface area contributed by atoms with E-state index in [0.717, 1.165) is 0 Å². The number of carboxylic acid groups (broad SMARTS) is 1. The molecular formula is C12H8O4. The van der Waals surface area contributed by atoms with Gasteiger partial charge in [0.1, 0.15) is 5.76 Å². The van der Waals surface area contributed by atoms with Gasteiger partial charge in [0, 0.05) is 5.56 Å². The maximum atomic E-state index is 10.7. The van der Waals surface area contributed by atoms with Gasteiger partial charge in [0.15, 0.2) is 6.29 Å². The molecule has 0 aliphatic carbocycles. The first kappa shape index (κ1) is 10.2. The molecule has 0 saturated carbocycles. The van der Waals surface area contributed by atoms with E-state index in [1.165, 1.54) is 18.4 Å². The van der Waals surface area contributed by atoms with Crippen molar-refractivity contribution in [1.82, 2.24) is 0 Å². The monoisotopic (exact) mass is 216 g/mol. The lowest BCUT2D eigenvalue weighted by Crippen LogP contribution is -1.95. The molecule has 2 rings (SSSR count). The Balaban J connectivity index is 2.42. The first-order valence-electron chi connectivity index (χ1n) is 4.59. The molecule has 16 heavy (non-hydrogen) atoms. The standard InChI is InChI=1S/C12H8O4/c13-7-10-5-6-16-11(10)8-1-3-9(4-2-8)12(14)15/h1-7H,(H,14,15). The van der Waals surface area contributed by atoms with Gasteiger partial charge in [-0.2, -0.15) is 0 Å². The lowest BCUT2D eigenvalue weighted by Gasteiger charge is -1.99. The zero-order valence-electron chi connectivity index (χ0n) is 8.21. The van der Waals surface area contributed by atoms with Gasteiger partial charge in [-0.15, -0.1) is 0 Å². The van der Waals surface area contributed by atoms with Gasteiger partial charge >= 0.3 is 5.97 Å². The number of carbonyl (C=O) groups is 2. The molecule has 0 bridgehead atoms. The topological polar surface area (TPSA) is 67.5 Å². The van der Waals surface area contributed by atoms with Gasteiger partial charge < -0.3 is 9.52 Å². The molecule has 0 fully saturated rings. The molecule has 0 atom stereocenters. The van der Waals surface area contributed by atoms with E-state index in [4.69, 9.17) is 9.52 Å². The Morgan fingerprint density at radius 2 is 1.88 bits per heavy atom. The molecular weight excluding hydrogens is 208 g/mol. The van der Waals surface area contributed by atoms with Crippen LogP contribution in [0, 0.1) is 0 Å². The third kappa shape index (κ3) is 1.72. The minimum absolute atomic E-state index is 0.197. The highest BCUT2D eigenvalue weighted by Gasteiger charge is 2.09. The second kappa shape index (κ2) is 4.02. The fourth-order valence-electron chi connectivity index (χ4n) is 1.41. The molecule has 80 valence electrons. The van der Waals surface area contributed by atoms with Crippen LogP contribution in [0.25, 0.3) is 11.3 Å². The highest BCUT2D eigenvalue weighted by Crippen LogP contribution is 2.23. The summed E-state index contributed by atoms with van der Waals surface area (Å²) < 4.78 is 5.16. The number of aromatic carboxylic acids is 1. The summed E-state index contributed by atoms with van der Waals surface area (Å²) in [5.41, 5.74) is 1.32. The molecule has 0 saturated heterocycles. The average molecular weight is 216 g/mol. The summed E-state index contributed by atoms with van der Waals surface area (Å²) in [4.78, 5) is 21.3. The molecule has 0 radical (unpaired) electrons. The van der Waals surface area contributed by atoms with Crippen molar-refractivity contribution in [2.45, 2.75) is 0 Å². The molecule has 0 spiro atoms. The molecule has 2 aromatic rings. The van der Waals surface area contributed by atoms with Crippen LogP contribution in [0.3, 0.4) is 0 Å². The van der Waals surface area contributed by atoms with E-state index in [1.807, 2.05) is 0 Å². The van der Waals surface area contributed by atoms with Gasteiger partial charge in [-0.05, 0) is 18.2 Å². The van der Waals surface area contributed by atoms with Crippen molar-refractivity contribution in [2.75, 3.05) is 0 Å². The van der Waals surface area contributed by atoms with E-state index < -0.39 is 5.97 Å². The number of carboxylic acids is 1. The maximum absolute atomic E-state index is 10.7. The van der Waals surface area contributed by atoms with Gasteiger partial charge in [0.25, 0.3) is 0 Å². The van der Waals surface area contributed by atoms with Crippen molar-refractivity contribution in [3.63, 3.8) is 0 Å². The highest BCUT2D eigenvalue weighted by atomic mass is 16.4. The van der Waals surface area contributed by atoms with Crippen molar-refractivity contribution < 1.29 is 19.1 Å². The summed E-state index contributed by atoms with van der Waals surface area (Å²) in [5.74, 6) is -0.534. The second-order valence-electron chi connectivity index (χ2n) is 3.21. The lowest BCUT2D eigenvalue weighted by molar-refractivity contribution is 0.0696. The van der Waals surface area contributed by atoms with E-state index in [9.17, 15) is 9.59 Å². The highest BCUT2D eigenvalue weighted by molar-refractivity contribution is 5.89. The number of furan rings is 1. The minimum Gasteiger partial charge on any atom is -0.478 e. The minimum atomic E-state index is -0.985. The van der Waals surface area contributed by atoms with Crippen LogP contribution < -0.4 is 0 Å². The van der Waals surface area contributed by atoms with Gasteiger partial charge in [-0.1, -0.05) is 12.1 Å². The van der Waals surface area contributed by atoms with Crippen LogP contribution in [0.5, 0.6) is 0 Å². The van der Waals surface area contributed by atoms with Gasteiger partial charge in [0.05, 0.1) is 17.4 Å². The molecule has 1 aromatic carbocycles. The quantitative estimate of drug-likeness (QED) is 0.800. The Hall–Kier alpha value is -2.36. The van der Waals surface area contributed by atoms with Crippen LogP contribution in [-0.4, -0.2) is 17.4 Å². The molecule has 0 unspecified atom stereocenters. The summed E-state index contributed by atoms with van der Waals surface area (Å²) in [5, 5.41) is 8.73. The zero-order chi connectivity index (χ0) is 11.5. The second-order valence-corrected chi connectivity index (χ2v) is 3.21. The van der Waals surface area contributed by atoms with Gasteiger partial charge in [0.2, 0.25) is 0 Å². The Kier molecular flexibility index (Phi) is 2.55. The van der Waals surface area contributed by atoms with E-state index >= 15 is 0 Å². The smallest absolute Gasteiger partial charge is 0.335 e. The lowest BCUT2D eigenvalue weighted by atomic mass is 10.1. The molecule has 1 aromatic heterocycles. The molecule has 4 nitrogen and oxygen atoms in total. The van der Waals surface area contributed by atoms with Gasteiger partial charge in [-0.3, -0.25) is 4.79 Å². The molecule has 1 N–H and O–H groups in total. The molecule has 0 aliphatic rings. The van der Waals surface area contributed by atoms with Crippen LogP contribution in [0.15, 0.2) is 41.0 Å². The molecule has 4 heteroatoms. The van der Waals surface area contributed by atoms with Crippen molar-refractivity contribution >= 4 is 12.3 Å². The predicted octanol–water partition coefficient (Wildman–Crippen LogP) is 2.46. The van der Waals surface area contributed by atoms with Crippen LogP contribution in [0.2, 0.25) is 0 Å². The van der Waals surface area contributed by atoms with Crippen LogP contribution in [0.1, 0.15) is 20.7 Å². The third-order valence-corrected chi connectivity index (χ3v) is 2.22. The summed E-state index contributed by atoms with van der Waals surface area (Å²) in [6.07, 6.45) is 2.12. The number of hydrogen-bond donors (Lipinski definition) is 1. The van der Waals surface area contributed by atoms with E-state index in [1.54, 1.807) is 18.2 Å². The fraction of sp³-hybridized carbons (Fsp3) is 0. The molecule has 1 heterocycles. The van der Waals surface area contributed by atoms with Crippen molar-refractivity contribution in [1.29, 1.82) is 0 Å². The van der Waals surface area contributed by atoms with Crippen molar-refractivity contribution in [3.8, 4) is 11.3 Å². The number of rotatable bonds is 3. The number of aldehydes is 1. The van der Waals surface area contributed by atoms with Crippen LogP contribution in [0.4, 0.5) is 0 Å². The largest absolute Gasteiger partial charge is 0.478 e. The van der Waals surface area contributed by atoms with Gasteiger partial charge in [-0.25, -0.2) is 4.79 Å². The molecule has 0 aliphatic heterocycles. The Morgan fingerprint density at radius 3 is 2.44 bits per heavy atom. The first-order valence-corrected chi connectivity index (χ1v) is 4.59. The normalized spacial score (nSPS) is 10.0. The van der Waals surface area contributed by atoms with Crippen LogP contribution in [-0.2, 0) is 0 Å². The fourth-order valence-corrected chi connectivity index (χ4v) is 1.41. The Morgan fingerprint density at radius 1 is 1.19 bits per heavy atom. The number of benzene rings is 1. The summed E-state index contributed by atoms with van der Waals surface area (Å²) in [6, 6.07) is 7.71.